The smallest absolute Gasteiger partial charge is 0.155 e. The summed E-state index contributed by atoms with van der Waals surface area (Å²) in [6, 6.07) is 1.78. The molecule has 0 bridgehead atoms. The topological polar surface area (TPSA) is 26.0 Å². The predicted molar refractivity (Wildman–Crippen MR) is 56.5 cm³/mol. The summed E-state index contributed by atoms with van der Waals surface area (Å²) in [5.41, 5.74) is 1.64. The van der Waals surface area contributed by atoms with E-state index in [0.29, 0.717) is 5.02 Å². The second-order valence-corrected chi connectivity index (χ2v) is 3.99. The second-order valence-electron chi connectivity index (χ2n) is 2.47. The van der Waals surface area contributed by atoms with Crippen molar-refractivity contribution in [3.8, 4) is 0 Å². The van der Waals surface area contributed by atoms with Gasteiger partial charge in [0.2, 0.25) is 0 Å². The maximum Gasteiger partial charge on any atom is 0.155 e. The van der Waals surface area contributed by atoms with E-state index in [4.69, 9.17) is 16.0 Å². The highest BCUT2D eigenvalue weighted by atomic mass is 127. The molecule has 0 fully saturated rings. The van der Waals surface area contributed by atoms with Gasteiger partial charge in [-0.2, -0.15) is 0 Å². The van der Waals surface area contributed by atoms with Crippen molar-refractivity contribution in [1.29, 1.82) is 0 Å². The van der Waals surface area contributed by atoms with Gasteiger partial charge in [-0.1, -0.05) is 11.6 Å². The summed E-state index contributed by atoms with van der Waals surface area (Å²) in [6.07, 6.45) is 1.63. The highest BCUT2D eigenvalue weighted by Gasteiger charge is 2.08. The SMILES string of the molecule is Cc1oc2cc(Cl)cnc2c1I. The van der Waals surface area contributed by atoms with E-state index in [9.17, 15) is 0 Å². The molecule has 0 aromatic carbocycles. The minimum absolute atomic E-state index is 0.604. The molecule has 2 aromatic heterocycles. The number of furan rings is 1. The molecule has 4 heteroatoms. The summed E-state index contributed by atoms with van der Waals surface area (Å²) < 4.78 is 6.48. The third kappa shape index (κ3) is 1.21. The lowest BCUT2D eigenvalue weighted by molar-refractivity contribution is 0.575. The first kappa shape index (κ1) is 8.31. The van der Waals surface area contributed by atoms with Gasteiger partial charge >= 0.3 is 0 Å². The molecule has 2 nitrogen and oxygen atoms in total. The molecule has 0 saturated heterocycles. The van der Waals surface area contributed by atoms with Gasteiger partial charge in [-0.05, 0) is 29.5 Å². The van der Waals surface area contributed by atoms with Gasteiger partial charge in [-0.25, -0.2) is 0 Å². The zero-order valence-electron chi connectivity index (χ0n) is 6.27. The number of fused-ring (bicyclic) bond motifs is 1. The number of hydrogen-bond acceptors (Lipinski definition) is 2. The molecular weight excluding hydrogens is 288 g/mol. The third-order valence-corrected chi connectivity index (χ3v) is 3.08. The number of hydrogen-bond donors (Lipinski definition) is 0. The van der Waals surface area contributed by atoms with Gasteiger partial charge in [0.05, 0.1) is 8.59 Å². The van der Waals surface area contributed by atoms with E-state index in [0.717, 1.165) is 20.4 Å². The standard InChI is InChI=1S/C8H5ClINO/c1-4-7(10)8-6(12-4)2-5(9)3-11-8/h2-3H,1H3. The van der Waals surface area contributed by atoms with E-state index in [1.54, 1.807) is 12.3 Å². The van der Waals surface area contributed by atoms with Crippen molar-refractivity contribution in [2.75, 3.05) is 0 Å². The van der Waals surface area contributed by atoms with E-state index >= 15 is 0 Å². The molecule has 0 saturated carbocycles. The minimum atomic E-state index is 0.604. The summed E-state index contributed by atoms with van der Waals surface area (Å²) in [5.74, 6) is 0.889. The van der Waals surface area contributed by atoms with E-state index in [1.165, 1.54) is 0 Å². The normalized spacial score (nSPS) is 10.9. The quantitative estimate of drug-likeness (QED) is 0.696. The minimum Gasteiger partial charge on any atom is -0.458 e. The molecular formula is C8H5ClINO. The molecule has 0 atom stereocenters. The van der Waals surface area contributed by atoms with Crippen LogP contribution in [0.5, 0.6) is 0 Å². The lowest BCUT2D eigenvalue weighted by Gasteiger charge is -1.87. The fraction of sp³-hybridized carbons (Fsp3) is 0.125. The van der Waals surface area contributed by atoms with Crippen molar-refractivity contribution in [3.05, 3.63) is 26.6 Å². The van der Waals surface area contributed by atoms with Gasteiger partial charge in [0, 0.05) is 12.3 Å². The van der Waals surface area contributed by atoms with Gasteiger partial charge in [0.25, 0.3) is 0 Å². The highest BCUT2D eigenvalue weighted by molar-refractivity contribution is 14.1. The largest absolute Gasteiger partial charge is 0.458 e. The fourth-order valence-electron chi connectivity index (χ4n) is 1.04. The highest BCUT2D eigenvalue weighted by Crippen LogP contribution is 2.26. The zero-order chi connectivity index (χ0) is 8.72. The first-order valence-electron chi connectivity index (χ1n) is 3.38. The summed E-state index contributed by atoms with van der Waals surface area (Å²) in [4.78, 5) is 4.17. The molecule has 0 N–H and O–H groups in total. The monoisotopic (exact) mass is 293 g/mol. The Kier molecular flexibility index (Phi) is 2.00. The number of aromatic nitrogens is 1. The number of halogens is 2. The van der Waals surface area contributed by atoms with Crippen LogP contribution in [0.3, 0.4) is 0 Å². The molecule has 0 unspecified atom stereocenters. The molecule has 2 heterocycles. The van der Waals surface area contributed by atoms with Gasteiger partial charge in [-0.3, -0.25) is 4.98 Å². The molecule has 0 aliphatic carbocycles. The van der Waals surface area contributed by atoms with Crippen molar-refractivity contribution in [1.82, 2.24) is 4.98 Å². The molecule has 12 heavy (non-hydrogen) atoms. The van der Waals surface area contributed by atoms with Crippen molar-refractivity contribution in [2.45, 2.75) is 6.92 Å². The van der Waals surface area contributed by atoms with Crippen LogP contribution in [0.2, 0.25) is 5.02 Å². The molecule has 2 aromatic rings. The van der Waals surface area contributed by atoms with Crippen LogP contribution >= 0.6 is 34.2 Å². The summed E-state index contributed by atoms with van der Waals surface area (Å²) in [5, 5.41) is 0.604. The molecule has 0 aliphatic heterocycles. The van der Waals surface area contributed by atoms with Crippen molar-refractivity contribution >= 4 is 45.3 Å². The van der Waals surface area contributed by atoms with Gasteiger partial charge < -0.3 is 4.42 Å². The Bertz CT molecular complexity index is 438. The van der Waals surface area contributed by atoms with Crippen LogP contribution in [-0.4, -0.2) is 4.98 Å². The zero-order valence-corrected chi connectivity index (χ0v) is 9.18. The van der Waals surface area contributed by atoms with Crippen LogP contribution in [0.15, 0.2) is 16.7 Å². The average molecular weight is 293 g/mol. The molecule has 62 valence electrons. The van der Waals surface area contributed by atoms with E-state index < -0.39 is 0 Å². The number of pyridine rings is 1. The van der Waals surface area contributed by atoms with Crippen LogP contribution in [-0.2, 0) is 0 Å². The predicted octanol–water partition coefficient (Wildman–Crippen LogP) is 3.39. The Labute approximate surface area is 88.1 Å². The fourth-order valence-corrected chi connectivity index (χ4v) is 1.70. The first-order valence-corrected chi connectivity index (χ1v) is 4.84. The Morgan fingerprint density at radius 1 is 1.58 bits per heavy atom. The van der Waals surface area contributed by atoms with Crippen molar-refractivity contribution in [2.24, 2.45) is 0 Å². The molecule has 0 amide bonds. The van der Waals surface area contributed by atoms with Crippen LogP contribution < -0.4 is 0 Å². The van der Waals surface area contributed by atoms with Crippen LogP contribution in [0.1, 0.15) is 5.76 Å². The maximum absolute atomic E-state index is 5.76. The Morgan fingerprint density at radius 2 is 2.33 bits per heavy atom. The first-order chi connectivity index (χ1) is 5.68. The summed E-state index contributed by atoms with van der Waals surface area (Å²) >= 11 is 7.97. The van der Waals surface area contributed by atoms with E-state index in [1.807, 2.05) is 6.92 Å². The lowest BCUT2D eigenvalue weighted by Crippen LogP contribution is -1.75. The third-order valence-electron chi connectivity index (χ3n) is 1.60. The average Bonchev–Trinajstić information content (AvgIpc) is 2.28. The summed E-state index contributed by atoms with van der Waals surface area (Å²) in [7, 11) is 0. The van der Waals surface area contributed by atoms with Crippen LogP contribution in [0.4, 0.5) is 0 Å². The van der Waals surface area contributed by atoms with Gasteiger partial charge in [0.15, 0.2) is 5.58 Å². The van der Waals surface area contributed by atoms with E-state index in [-0.39, 0.29) is 0 Å². The lowest BCUT2D eigenvalue weighted by atomic mass is 10.4. The van der Waals surface area contributed by atoms with Gasteiger partial charge in [-0.15, -0.1) is 0 Å². The Balaban J connectivity index is 2.87. The molecule has 0 radical (unpaired) electrons. The Hall–Kier alpha value is -0.290. The molecule has 0 aliphatic rings. The number of nitrogens with zero attached hydrogens (tertiary/aromatic N) is 1. The second kappa shape index (κ2) is 2.88. The maximum atomic E-state index is 5.76. The van der Waals surface area contributed by atoms with Gasteiger partial charge in [0.1, 0.15) is 11.3 Å². The van der Waals surface area contributed by atoms with Crippen molar-refractivity contribution in [3.63, 3.8) is 0 Å². The molecule has 2 rings (SSSR count). The molecule has 0 spiro atoms. The van der Waals surface area contributed by atoms with Crippen molar-refractivity contribution < 1.29 is 4.42 Å². The number of aryl methyl sites for hydroxylation is 1. The van der Waals surface area contributed by atoms with Crippen LogP contribution in [0.25, 0.3) is 11.1 Å². The Morgan fingerprint density at radius 3 is 3.08 bits per heavy atom. The van der Waals surface area contributed by atoms with Crippen LogP contribution in [0, 0.1) is 10.5 Å². The summed E-state index contributed by atoms with van der Waals surface area (Å²) in [6.45, 7) is 1.91. The van der Waals surface area contributed by atoms with E-state index in [2.05, 4.69) is 27.6 Å². The number of rotatable bonds is 0.